The fourth-order valence-electron chi connectivity index (χ4n) is 3.03. The molecule has 27 heavy (non-hydrogen) atoms. The molecule has 1 aromatic heterocycles. The molecule has 0 aliphatic rings. The van der Waals surface area contributed by atoms with Crippen LogP contribution in [0.2, 0.25) is 0 Å². The lowest BCUT2D eigenvalue weighted by molar-refractivity contribution is -0.128. The fraction of sp³-hybridized carbons (Fsp3) is 0.238. The number of benzene rings is 2. The topological polar surface area (TPSA) is 65.2 Å². The summed E-state index contributed by atoms with van der Waals surface area (Å²) >= 11 is 0. The van der Waals surface area contributed by atoms with E-state index in [0.29, 0.717) is 25.2 Å². The third-order valence-corrected chi connectivity index (χ3v) is 4.54. The molecule has 0 unspecified atom stereocenters. The van der Waals surface area contributed by atoms with Gasteiger partial charge in [-0.15, -0.1) is 0 Å². The third kappa shape index (κ3) is 4.73. The van der Waals surface area contributed by atoms with E-state index in [1.807, 2.05) is 24.4 Å². The summed E-state index contributed by atoms with van der Waals surface area (Å²) in [6, 6.07) is 13.4. The predicted octanol–water partition coefficient (Wildman–Crippen LogP) is 3.13. The van der Waals surface area contributed by atoms with E-state index in [0.717, 1.165) is 22.9 Å². The fourth-order valence-corrected chi connectivity index (χ4v) is 3.03. The summed E-state index contributed by atoms with van der Waals surface area (Å²) in [5, 5.41) is 3.92. The highest BCUT2D eigenvalue weighted by atomic mass is 19.1. The van der Waals surface area contributed by atoms with Crippen LogP contribution in [-0.4, -0.2) is 41.3 Å². The van der Waals surface area contributed by atoms with Gasteiger partial charge in [0, 0.05) is 49.2 Å². The molecule has 0 atom stereocenters. The van der Waals surface area contributed by atoms with Crippen LogP contribution in [-0.2, 0) is 11.2 Å². The quantitative estimate of drug-likeness (QED) is 0.674. The summed E-state index contributed by atoms with van der Waals surface area (Å²) in [6.45, 7) is 2.86. The zero-order valence-electron chi connectivity index (χ0n) is 15.2. The maximum absolute atomic E-state index is 12.9. The largest absolute Gasteiger partial charge is 0.361 e. The van der Waals surface area contributed by atoms with Gasteiger partial charge in [0.05, 0.1) is 0 Å². The summed E-state index contributed by atoms with van der Waals surface area (Å²) in [7, 11) is 0. The van der Waals surface area contributed by atoms with Crippen molar-refractivity contribution in [3.8, 4) is 0 Å². The highest BCUT2D eigenvalue weighted by molar-refractivity contribution is 5.94. The minimum Gasteiger partial charge on any atom is -0.361 e. The minimum absolute atomic E-state index is 0.0362. The lowest BCUT2D eigenvalue weighted by Crippen LogP contribution is -2.38. The van der Waals surface area contributed by atoms with Crippen LogP contribution in [0.1, 0.15) is 22.8 Å². The molecule has 0 aliphatic carbocycles. The summed E-state index contributed by atoms with van der Waals surface area (Å²) in [5.41, 5.74) is 2.63. The standard InChI is InChI=1S/C21H22FN3O2/c1-15(26)25(12-10-17-14-24-20-5-3-2-4-19(17)20)13-11-23-21(27)16-6-8-18(22)9-7-16/h2-9,14,24H,10-13H2,1H3,(H,23,27). The number of aromatic nitrogens is 1. The van der Waals surface area contributed by atoms with Crippen molar-refractivity contribution >= 4 is 22.7 Å². The van der Waals surface area contributed by atoms with Gasteiger partial charge in [-0.05, 0) is 42.3 Å². The first kappa shape index (κ1) is 18.6. The van der Waals surface area contributed by atoms with Crippen molar-refractivity contribution in [3.05, 3.63) is 71.7 Å². The van der Waals surface area contributed by atoms with Crippen molar-refractivity contribution in [1.82, 2.24) is 15.2 Å². The van der Waals surface area contributed by atoms with E-state index in [1.165, 1.54) is 31.2 Å². The number of aromatic amines is 1. The molecule has 0 saturated carbocycles. The van der Waals surface area contributed by atoms with Gasteiger partial charge in [0.1, 0.15) is 5.82 Å². The van der Waals surface area contributed by atoms with Crippen LogP contribution >= 0.6 is 0 Å². The van der Waals surface area contributed by atoms with E-state index in [-0.39, 0.29) is 17.6 Å². The smallest absolute Gasteiger partial charge is 0.251 e. The average molecular weight is 367 g/mol. The molecule has 6 heteroatoms. The highest BCUT2D eigenvalue weighted by Gasteiger charge is 2.12. The maximum atomic E-state index is 12.9. The van der Waals surface area contributed by atoms with Gasteiger partial charge in [-0.2, -0.15) is 0 Å². The van der Waals surface area contributed by atoms with Crippen LogP contribution < -0.4 is 5.32 Å². The van der Waals surface area contributed by atoms with E-state index >= 15 is 0 Å². The van der Waals surface area contributed by atoms with E-state index in [2.05, 4.69) is 16.4 Å². The van der Waals surface area contributed by atoms with Crippen LogP contribution in [0.25, 0.3) is 10.9 Å². The van der Waals surface area contributed by atoms with Gasteiger partial charge in [0.25, 0.3) is 5.91 Å². The van der Waals surface area contributed by atoms with E-state index < -0.39 is 0 Å². The monoisotopic (exact) mass is 367 g/mol. The van der Waals surface area contributed by atoms with Crippen molar-refractivity contribution < 1.29 is 14.0 Å². The van der Waals surface area contributed by atoms with Gasteiger partial charge in [-0.25, -0.2) is 4.39 Å². The molecule has 5 nitrogen and oxygen atoms in total. The number of halogens is 1. The second-order valence-electron chi connectivity index (χ2n) is 6.38. The summed E-state index contributed by atoms with van der Waals surface area (Å²) < 4.78 is 12.9. The Kier molecular flexibility index (Phi) is 5.86. The number of rotatable bonds is 7. The molecule has 0 saturated heterocycles. The third-order valence-electron chi connectivity index (χ3n) is 4.54. The SMILES string of the molecule is CC(=O)N(CCNC(=O)c1ccc(F)cc1)CCc1c[nH]c2ccccc12. The van der Waals surface area contributed by atoms with Gasteiger partial charge in [0.2, 0.25) is 5.91 Å². The number of H-pyrrole nitrogens is 1. The molecule has 0 spiro atoms. The Balaban J connectivity index is 1.52. The Morgan fingerprint density at radius 3 is 2.56 bits per heavy atom. The molecular formula is C21H22FN3O2. The molecule has 0 bridgehead atoms. The van der Waals surface area contributed by atoms with Gasteiger partial charge < -0.3 is 15.2 Å². The molecule has 2 N–H and O–H groups in total. The number of nitrogens with one attached hydrogen (secondary N) is 2. The second kappa shape index (κ2) is 8.49. The van der Waals surface area contributed by atoms with Crippen molar-refractivity contribution in [1.29, 1.82) is 0 Å². The zero-order chi connectivity index (χ0) is 19.2. The summed E-state index contributed by atoms with van der Waals surface area (Å²) in [4.78, 5) is 28.9. The molecule has 3 aromatic rings. The molecule has 2 aromatic carbocycles. The zero-order valence-corrected chi connectivity index (χ0v) is 15.2. The first-order chi connectivity index (χ1) is 13.0. The molecule has 2 amide bonds. The number of carbonyl (C=O) groups excluding carboxylic acids is 2. The minimum atomic E-state index is -0.383. The van der Waals surface area contributed by atoms with Crippen molar-refractivity contribution in [2.45, 2.75) is 13.3 Å². The number of fused-ring (bicyclic) bond motifs is 1. The number of nitrogens with zero attached hydrogens (tertiary/aromatic N) is 1. The lowest BCUT2D eigenvalue weighted by atomic mass is 10.1. The van der Waals surface area contributed by atoms with Crippen molar-refractivity contribution in [3.63, 3.8) is 0 Å². The average Bonchev–Trinajstić information content (AvgIpc) is 3.08. The van der Waals surface area contributed by atoms with Crippen LogP contribution in [0.4, 0.5) is 4.39 Å². The highest BCUT2D eigenvalue weighted by Crippen LogP contribution is 2.18. The summed E-state index contributed by atoms with van der Waals surface area (Å²) in [5.74, 6) is -0.701. The molecule has 0 fully saturated rings. The first-order valence-electron chi connectivity index (χ1n) is 8.89. The number of hydrogen-bond donors (Lipinski definition) is 2. The second-order valence-corrected chi connectivity index (χ2v) is 6.38. The molecule has 1 heterocycles. The summed E-state index contributed by atoms with van der Waals surface area (Å²) in [6.07, 6.45) is 2.70. The van der Waals surface area contributed by atoms with E-state index in [1.54, 1.807) is 4.90 Å². The molecule has 140 valence electrons. The van der Waals surface area contributed by atoms with Gasteiger partial charge in [-0.1, -0.05) is 18.2 Å². The van der Waals surface area contributed by atoms with Crippen LogP contribution in [0.3, 0.4) is 0 Å². The Hall–Kier alpha value is -3.15. The Labute approximate surface area is 157 Å². The Bertz CT molecular complexity index is 934. The number of para-hydroxylation sites is 1. The maximum Gasteiger partial charge on any atom is 0.251 e. The van der Waals surface area contributed by atoms with Crippen molar-refractivity contribution in [2.24, 2.45) is 0 Å². The first-order valence-corrected chi connectivity index (χ1v) is 8.89. The Morgan fingerprint density at radius 2 is 1.81 bits per heavy atom. The number of hydrogen-bond acceptors (Lipinski definition) is 2. The molecule has 0 radical (unpaired) electrons. The van der Waals surface area contributed by atoms with Crippen molar-refractivity contribution in [2.75, 3.05) is 19.6 Å². The predicted molar refractivity (Wildman–Crippen MR) is 103 cm³/mol. The van der Waals surface area contributed by atoms with Crippen LogP contribution in [0.5, 0.6) is 0 Å². The normalized spacial score (nSPS) is 10.7. The molecule has 0 aliphatic heterocycles. The molecular weight excluding hydrogens is 345 g/mol. The number of amides is 2. The van der Waals surface area contributed by atoms with Crippen LogP contribution in [0, 0.1) is 5.82 Å². The van der Waals surface area contributed by atoms with E-state index in [9.17, 15) is 14.0 Å². The van der Waals surface area contributed by atoms with Gasteiger partial charge in [0.15, 0.2) is 0 Å². The number of carbonyl (C=O) groups is 2. The molecule has 3 rings (SSSR count). The Morgan fingerprint density at radius 1 is 1.07 bits per heavy atom. The van der Waals surface area contributed by atoms with Gasteiger partial charge >= 0.3 is 0 Å². The van der Waals surface area contributed by atoms with E-state index in [4.69, 9.17) is 0 Å². The van der Waals surface area contributed by atoms with Crippen LogP contribution in [0.15, 0.2) is 54.7 Å². The lowest BCUT2D eigenvalue weighted by Gasteiger charge is -2.21. The van der Waals surface area contributed by atoms with Gasteiger partial charge in [-0.3, -0.25) is 9.59 Å².